The molecule has 18 heavy (non-hydrogen) atoms. The van der Waals surface area contributed by atoms with Gasteiger partial charge in [0, 0.05) is 31.2 Å². The third-order valence-corrected chi connectivity index (χ3v) is 5.00. The van der Waals surface area contributed by atoms with Crippen LogP contribution in [0.3, 0.4) is 0 Å². The van der Waals surface area contributed by atoms with E-state index >= 15 is 0 Å². The molecule has 0 aromatic carbocycles. The molecule has 0 aliphatic carbocycles. The molecule has 1 heterocycles. The van der Waals surface area contributed by atoms with Crippen LogP contribution in [0.15, 0.2) is 17.3 Å². The zero-order valence-electron chi connectivity index (χ0n) is 11.0. The van der Waals surface area contributed by atoms with Gasteiger partial charge in [-0.15, -0.1) is 11.6 Å². The lowest BCUT2D eigenvalue weighted by atomic mass is 10.4. The van der Waals surface area contributed by atoms with Crippen molar-refractivity contribution in [3.8, 4) is 0 Å². The van der Waals surface area contributed by atoms with Crippen molar-refractivity contribution >= 4 is 21.6 Å². The van der Waals surface area contributed by atoms with Crippen LogP contribution in [-0.2, 0) is 16.6 Å². The summed E-state index contributed by atoms with van der Waals surface area (Å²) in [5.74, 6) is 0.537. The van der Waals surface area contributed by atoms with Gasteiger partial charge in [0.25, 0.3) is 0 Å². The number of rotatable bonds is 7. The molecule has 0 aliphatic rings. The Kier molecular flexibility index (Phi) is 5.62. The highest BCUT2D eigenvalue weighted by molar-refractivity contribution is 7.89. The zero-order chi connectivity index (χ0) is 13.8. The van der Waals surface area contributed by atoms with Crippen molar-refractivity contribution in [3.05, 3.63) is 12.4 Å². The topological polar surface area (TPSA) is 55.2 Å². The molecule has 0 amide bonds. The second-order valence-corrected chi connectivity index (χ2v) is 6.55. The Hall–Kier alpha value is -0.590. The molecule has 0 unspecified atom stereocenters. The number of alkyl halides is 1. The molecule has 0 bridgehead atoms. The van der Waals surface area contributed by atoms with Crippen molar-refractivity contribution in [2.45, 2.75) is 44.7 Å². The maximum absolute atomic E-state index is 12.3. The molecule has 0 spiro atoms. The van der Waals surface area contributed by atoms with Crippen LogP contribution in [0.1, 0.15) is 27.2 Å². The molecule has 104 valence electrons. The second kappa shape index (κ2) is 6.54. The van der Waals surface area contributed by atoms with E-state index < -0.39 is 10.0 Å². The van der Waals surface area contributed by atoms with E-state index in [9.17, 15) is 8.42 Å². The fourth-order valence-electron chi connectivity index (χ4n) is 1.77. The standard InChI is InChI=1S/C11H20ClN3O2S/c1-4-15(10(2)3)18(16,17)11-8-13-14(9-11)7-5-6-12/h8-10H,4-7H2,1-3H3. The fourth-order valence-corrected chi connectivity index (χ4v) is 3.49. The van der Waals surface area contributed by atoms with Gasteiger partial charge in [0.05, 0.1) is 6.20 Å². The van der Waals surface area contributed by atoms with E-state index in [-0.39, 0.29) is 10.9 Å². The summed E-state index contributed by atoms with van der Waals surface area (Å²) in [6.07, 6.45) is 3.73. The van der Waals surface area contributed by atoms with Gasteiger partial charge in [0.1, 0.15) is 4.90 Å². The predicted molar refractivity (Wildman–Crippen MR) is 72.3 cm³/mol. The normalized spacial score (nSPS) is 12.6. The van der Waals surface area contributed by atoms with Crippen molar-refractivity contribution in [1.29, 1.82) is 0 Å². The van der Waals surface area contributed by atoms with Crippen LogP contribution in [0.25, 0.3) is 0 Å². The van der Waals surface area contributed by atoms with Gasteiger partial charge in [-0.05, 0) is 20.3 Å². The highest BCUT2D eigenvalue weighted by atomic mass is 35.5. The minimum absolute atomic E-state index is 0.0637. The van der Waals surface area contributed by atoms with Crippen LogP contribution in [-0.4, -0.2) is 41.0 Å². The summed E-state index contributed by atoms with van der Waals surface area (Å²) < 4.78 is 27.7. The highest BCUT2D eigenvalue weighted by Gasteiger charge is 2.26. The van der Waals surface area contributed by atoms with Crippen LogP contribution in [0, 0.1) is 0 Å². The molecule has 7 heteroatoms. The van der Waals surface area contributed by atoms with Crippen LogP contribution < -0.4 is 0 Å². The molecule has 0 aliphatic heterocycles. The summed E-state index contributed by atoms with van der Waals surface area (Å²) in [7, 11) is -3.44. The Morgan fingerprint density at radius 1 is 1.50 bits per heavy atom. The lowest BCUT2D eigenvalue weighted by Crippen LogP contribution is -2.36. The van der Waals surface area contributed by atoms with Crippen LogP contribution in [0.4, 0.5) is 0 Å². The van der Waals surface area contributed by atoms with Crippen molar-refractivity contribution < 1.29 is 8.42 Å². The van der Waals surface area contributed by atoms with Crippen LogP contribution >= 0.6 is 11.6 Å². The average molecular weight is 294 g/mol. The molecule has 0 N–H and O–H groups in total. The number of halogens is 1. The number of nitrogens with zero attached hydrogens (tertiary/aromatic N) is 3. The minimum Gasteiger partial charge on any atom is -0.271 e. The van der Waals surface area contributed by atoms with Crippen LogP contribution in [0.5, 0.6) is 0 Å². The fraction of sp³-hybridized carbons (Fsp3) is 0.727. The molecule has 0 saturated carbocycles. The first-order valence-corrected chi connectivity index (χ1v) is 8.01. The largest absolute Gasteiger partial charge is 0.271 e. The summed E-state index contributed by atoms with van der Waals surface area (Å²) in [5.41, 5.74) is 0. The highest BCUT2D eigenvalue weighted by Crippen LogP contribution is 2.17. The maximum atomic E-state index is 12.3. The third kappa shape index (κ3) is 3.46. The first-order chi connectivity index (χ1) is 8.43. The Labute approximate surface area is 114 Å². The minimum atomic E-state index is -3.44. The first-order valence-electron chi connectivity index (χ1n) is 6.03. The zero-order valence-corrected chi connectivity index (χ0v) is 12.6. The van der Waals surface area contributed by atoms with Crippen molar-refractivity contribution in [3.63, 3.8) is 0 Å². The average Bonchev–Trinajstić information content (AvgIpc) is 2.75. The summed E-state index contributed by atoms with van der Waals surface area (Å²) in [6.45, 7) is 6.63. The van der Waals surface area contributed by atoms with Gasteiger partial charge < -0.3 is 0 Å². The summed E-state index contributed by atoms with van der Waals surface area (Å²) >= 11 is 5.60. The Morgan fingerprint density at radius 2 is 2.17 bits per heavy atom. The molecular formula is C11H20ClN3O2S. The number of sulfonamides is 1. The Morgan fingerprint density at radius 3 is 2.67 bits per heavy atom. The number of hydrogen-bond donors (Lipinski definition) is 0. The summed E-state index contributed by atoms with van der Waals surface area (Å²) in [4.78, 5) is 0.243. The van der Waals surface area contributed by atoms with Gasteiger partial charge in [-0.3, -0.25) is 4.68 Å². The smallest absolute Gasteiger partial charge is 0.246 e. The van der Waals surface area contributed by atoms with E-state index in [2.05, 4.69) is 5.10 Å². The van der Waals surface area contributed by atoms with Crippen molar-refractivity contribution in [1.82, 2.24) is 14.1 Å². The van der Waals surface area contributed by atoms with Gasteiger partial charge in [0.2, 0.25) is 10.0 Å². The molecule has 1 rings (SSSR count). The Balaban J connectivity index is 2.94. The van der Waals surface area contributed by atoms with Gasteiger partial charge in [-0.1, -0.05) is 6.92 Å². The van der Waals surface area contributed by atoms with E-state index in [0.29, 0.717) is 19.0 Å². The van der Waals surface area contributed by atoms with E-state index in [1.807, 2.05) is 20.8 Å². The molecule has 0 atom stereocenters. The van der Waals surface area contributed by atoms with E-state index in [0.717, 1.165) is 6.42 Å². The maximum Gasteiger partial charge on any atom is 0.246 e. The van der Waals surface area contributed by atoms with E-state index in [1.54, 1.807) is 10.9 Å². The van der Waals surface area contributed by atoms with Gasteiger partial charge >= 0.3 is 0 Å². The molecule has 5 nitrogen and oxygen atoms in total. The van der Waals surface area contributed by atoms with E-state index in [1.165, 1.54) is 10.5 Å². The SMILES string of the molecule is CCN(C(C)C)S(=O)(=O)c1cnn(CCCCl)c1. The summed E-state index contributed by atoms with van der Waals surface area (Å²) in [6, 6.07) is -0.0637. The molecule has 0 radical (unpaired) electrons. The first kappa shape index (κ1) is 15.5. The molecular weight excluding hydrogens is 274 g/mol. The molecule has 0 saturated heterocycles. The number of aryl methyl sites for hydroxylation is 1. The predicted octanol–water partition coefficient (Wildman–Crippen LogP) is 1.93. The third-order valence-electron chi connectivity index (χ3n) is 2.62. The second-order valence-electron chi connectivity index (χ2n) is 4.28. The number of aromatic nitrogens is 2. The number of hydrogen-bond acceptors (Lipinski definition) is 3. The van der Waals surface area contributed by atoms with Gasteiger partial charge in [-0.2, -0.15) is 9.40 Å². The molecule has 0 fully saturated rings. The van der Waals surface area contributed by atoms with Gasteiger partial charge in [-0.25, -0.2) is 8.42 Å². The lowest BCUT2D eigenvalue weighted by Gasteiger charge is -2.23. The monoisotopic (exact) mass is 293 g/mol. The summed E-state index contributed by atoms with van der Waals surface area (Å²) in [5, 5.41) is 4.05. The van der Waals surface area contributed by atoms with Crippen molar-refractivity contribution in [2.75, 3.05) is 12.4 Å². The van der Waals surface area contributed by atoms with Crippen molar-refractivity contribution in [2.24, 2.45) is 0 Å². The Bertz CT molecular complexity index is 470. The molecule has 1 aromatic heterocycles. The van der Waals surface area contributed by atoms with E-state index in [4.69, 9.17) is 11.6 Å². The molecule has 1 aromatic rings. The quantitative estimate of drug-likeness (QED) is 0.722. The lowest BCUT2D eigenvalue weighted by molar-refractivity contribution is 0.369. The van der Waals surface area contributed by atoms with Crippen LogP contribution in [0.2, 0.25) is 0 Å². The van der Waals surface area contributed by atoms with Gasteiger partial charge in [0.15, 0.2) is 0 Å².